The van der Waals surface area contributed by atoms with Crippen molar-refractivity contribution < 1.29 is 0 Å². The van der Waals surface area contributed by atoms with Gasteiger partial charge in [-0.05, 0) is 37.7 Å². The van der Waals surface area contributed by atoms with Crippen molar-refractivity contribution in [3.05, 3.63) is 30.1 Å². The van der Waals surface area contributed by atoms with Crippen LogP contribution in [-0.2, 0) is 6.54 Å². The van der Waals surface area contributed by atoms with Gasteiger partial charge in [-0.15, -0.1) is 0 Å². The number of nitrogens with one attached hydrogen (secondary N) is 1. The normalized spacial score (nSPS) is 24.7. The molecular weight excluding hydrogens is 210 g/mol. The van der Waals surface area contributed by atoms with Crippen molar-refractivity contribution in [3.8, 4) is 0 Å². The Morgan fingerprint density at radius 3 is 3.12 bits per heavy atom. The van der Waals surface area contributed by atoms with Gasteiger partial charge in [-0.25, -0.2) is 0 Å². The van der Waals surface area contributed by atoms with Crippen LogP contribution in [0.1, 0.15) is 26.7 Å². The molecule has 0 spiro atoms. The summed E-state index contributed by atoms with van der Waals surface area (Å²) in [7, 11) is 0. The summed E-state index contributed by atoms with van der Waals surface area (Å²) < 4.78 is 1.97. The van der Waals surface area contributed by atoms with Crippen LogP contribution in [0.25, 0.3) is 0 Å². The third-order valence-electron chi connectivity index (χ3n) is 3.80. The number of hydrogen-bond donors (Lipinski definition) is 1. The van der Waals surface area contributed by atoms with Crippen LogP contribution in [0.3, 0.4) is 0 Å². The zero-order valence-corrected chi connectivity index (χ0v) is 10.9. The first-order valence-corrected chi connectivity index (χ1v) is 6.62. The quantitative estimate of drug-likeness (QED) is 0.625. The second kappa shape index (κ2) is 6.01. The fourth-order valence-corrected chi connectivity index (χ4v) is 2.62. The highest BCUT2D eigenvalue weighted by molar-refractivity contribution is 5.09. The Morgan fingerprint density at radius 1 is 1.53 bits per heavy atom. The summed E-state index contributed by atoms with van der Waals surface area (Å²) in [6.45, 7) is 7.70. The molecule has 1 aromatic rings. The third-order valence-corrected chi connectivity index (χ3v) is 3.80. The van der Waals surface area contributed by atoms with Gasteiger partial charge in [0, 0.05) is 25.5 Å². The maximum atomic E-state index is 4.20. The van der Waals surface area contributed by atoms with Gasteiger partial charge < -0.3 is 5.32 Å². The van der Waals surface area contributed by atoms with Crippen molar-refractivity contribution in [1.29, 1.82) is 0 Å². The van der Waals surface area contributed by atoms with Crippen molar-refractivity contribution in [1.82, 2.24) is 15.1 Å². The smallest absolute Gasteiger partial charge is 0.0533 e. The van der Waals surface area contributed by atoms with Crippen molar-refractivity contribution in [2.75, 3.05) is 13.1 Å². The number of hydrogen-bond acceptors (Lipinski definition) is 2. The third kappa shape index (κ3) is 3.43. The van der Waals surface area contributed by atoms with Crippen LogP contribution in [0.2, 0.25) is 0 Å². The molecule has 0 saturated heterocycles. The minimum absolute atomic E-state index is 0.723. The van der Waals surface area contributed by atoms with E-state index in [2.05, 4.69) is 30.3 Å². The molecule has 1 heterocycles. The molecule has 1 aliphatic rings. The van der Waals surface area contributed by atoms with E-state index < -0.39 is 0 Å². The Hall–Kier alpha value is -1.09. The molecule has 0 unspecified atom stereocenters. The van der Waals surface area contributed by atoms with E-state index in [-0.39, 0.29) is 0 Å². The Morgan fingerprint density at radius 2 is 2.41 bits per heavy atom. The molecule has 17 heavy (non-hydrogen) atoms. The molecule has 0 radical (unpaired) electrons. The van der Waals surface area contributed by atoms with Gasteiger partial charge in [-0.1, -0.05) is 18.6 Å². The fraction of sp³-hybridized carbons (Fsp3) is 0.643. The van der Waals surface area contributed by atoms with Crippen LogP contribution in [0.4, 0.5) is 0 Å². The molecule has 0 bridgehead atoms. The van der Waals surface area contributed by atoms with Crippen LogP contribution in [0.5, 0.6) is 0 Å². The molecule has 1 aliphatic carbocycles. The lowest BCUT2D eigenvalue weighted by Gasteiger charge is -2.29. The van der Waals surface area contributed by atoms with Gasteiger partial charge in [0.15, 0.2) is 0 Å². The molecular formula is C14H23N3. The lowest BCUT2D eigenvalue weighted by Crippen LogP contribution is -2.31. The minimum atomic E-state index is 0.723. The molecule has 3 nitrogen and oxygen atoms in total. The van der Waals surface area contributed by atoms with Crippen LogP contribution in [-0.4, -0.2) is 22.9 Å². The summed E-state index contributed by atoms with van der Waals surface area (Å²) in [6.07, 6.45) is 8.84. The molecule has 1 aromatic heterocycles. The lowest BCUT2D eigenvalue weighted by atomic mass is 9.80. The molecule has 0 aliphatic heterocycles. The van der Waals surface area contributed by atoms with E-state index in [0.29, 0.717) is 0 Å². The number of nitrogens with zero attached hydrogens (tertiary/aromatic N) is 2. The summed E-state index contributed by atoms with van der Waals surface area (Å²) in [4.78, 5) is 0. The average Bonchev–Trinajstić information content (AvgIpc) is 2.80. The van der Waals surface area contributed by atoms with E-state index in [4.69, 9.17) is 0 Å². The Bertz CT molecular complexity index is 354. The van der Waals surface area contributed by atoms with Crippen LogP contribution < -0.4 is 5.32 Å². The summed E-state index contributed by atoms with van der Waals surface area (Å²) in [5, 5.41) is 7.75. The summed E-state index contributed by atoms with van der Waals surface area (Å²) in [5.74, 6) is 1.54. The predicted octanol–water partition coefficient (Wildman–Crippen LogP) is 2.47. The zero-order chi connectivity index (χ0) is 12.1. The maximum absolute atomic E-state index is 4.20. The Kier molecular flexibility index (Phi) is 4.37. The van der Waals surface area contributed by atoms with Gasteiger partial charge in [-0.2, -0.15) is 5.10 Å². The molecule has 3 heteroatoms. The highest BCUT2D eigenvalue weighted by Crippen LogP contribution is 2.29. The molecule has 0 amide bonds. The van der Waals surface area contributed by atoms with Gasteiger partial charge in [0.05, 0.1) is 6.54 Å². The zero-order valence-electron chi connectivity index (χ0n) is 10.9. The second-order valence-corrected chi connectivity index (χ2v) is 5.08. The van der Waals surface area contributed by atoms with Gasteiger partial charge >= 0.3 is 0 Å². The molecule has 94 valence electrons. The van der Waals surface area contributed by atoms with Gasteiger partial charge in [0.25, 0.3) is 0 Å². The second-order valence-electron chi connectivity index (χ2n) is 5.08. The van der Waals surface area contributed by atoms with E-state index in [9.17, 15) is 0 Å². The molecule has 0 aromatic carbocycles. The first-order chi connectivity index (χ1) is 8.27. The molecule has 0 saturated carbocycles. The van der Waals surface area contributed by atoms with E-state index in [1.807, 2.05) is 23.1 Å². The topological polar surface area (TPSA) is 29.9 Å². The largest absolute Gasteiger partial charge is 0.314 e. The maximum Gasteiger partial charge on any atom is 0.0533 e. The van der Waals surface area contributed by atoms with Crippen molar-refractivity contribution in [2.24, 2.45) is 11.8 Å². The molecule has 1 N–H and O–H groups in total. The predicted molar refractivity (Wildman–Crippen MR) is 70.7 cm³/mol. The fourth-order valence-electron chi connectivity index (χ4n) is 2.62. The number of allylic oxidation sites excluding steroid dienone is 1. The van der Waals surface area contributed by atoms with E-state index in [1.165, 1.54) is 12.8 Å². The van der Waals surface area contributed by atoms with Gasteiger partial charge in [-0.3, -0.25) is 4.68 Å². The van der Waals surface area contributed by atoms with E-state index in [1.54, 1.807) is 5.57 Å². The first-order valence-electron chi connectivity index (χ1n) is 6.62. The van der Waals surface area contributed by atoms with E-state index in [0.717, 1.165) is 31.5 Å². The van der Waals surface area contributed by atoms with Crippen molar-refractivity contribution in [2.45, 2.75) is 33.2 Å². The molecule has 2 atom stereocenters. The summed E-state index contributed by atoms with van der Waals surface area (Å²) in [6, 6.07) is 1.97. The number of rotatable bonds is 5. The van der Waals surface area contributed by atoms with Crippen molar-refractivity contribution in [3.63, 3.8) is 0 Å². The van der Waals surface area contributed by atoms with Gasteiger partial charge in [0.1, 0.15) is 0 Å². The number of aromatic nitrogens is 2. The Labute approximate surface area is 104 Å². The summed E-state index contributed by atoms with van der Waals surface area (Å²) in [5.41, 5.74) is 1.57. The van der Waals surface area contributed by atoms with Crippen LogP contribution in [0.15, 0.2) is 30.1 Å². The average molecular weight is 233 g/mol. The standard InChI is InChI=1S/C14H23N3/c1-12-5-3-6-13(2)14(12)11-15-8-10-17-9-4-7-16-17/h4-5,7,9,13-15H,3,6,8,10-11H2,1-2H3/t13-,14+/m0/s1. The Balaban J connectivity index is 1.71. The van der Waals surface area contributed by atoms with Crippen LogP contribution in [0, 0.1) is 11.8 Å². The summed E-state index contributed by atoms with van der Waals surface area (Å²) >= 11 is 0. The SMILES string of the molecule is CC1=CCC[C@H](C)[C@@H]1CNCCn1cccn1. The highest BCUT2D eigenvalue weighted by Gasteiger charge is 2.21. The van der Waals surface area contributed by atoms with Crippen LogP contribution >= 0.6 is 0 Å². The molecule has 0 fully saturated rings. The minimum Gasteiger partial charge on any atom is -0.314 e. The van der Waals surface area contributed by atoms with Gasteiger partial charge in [0.2, 0.25) is 0 Å². The first kappa shape index (κ1) is 12.4. The van der Waals surface area contributed by atoms with E-state index >= 15 is 0 Å². The highest BCUT2D eigenvalue weighted by atomic mass is 15.3. The monoisotopic (exact) mass is 233 g/mol. The lowest BCUT2D eigenvalue weighted by molar-refractivity contribution is 0.347. The molecule has 2 rings (SSSR count). The van der Waals surface area contributed by atoms with Crippen molar-refractivity contribution >= 4 is 0 Å².